The molecule has 7 heteroatoms. The van der Waals surface area contributed by atoms with Crippen LogP contribution in [0.1, 0.15) is 47.1 Å². The zero-order valence-electron chi connectivity index (χ0n) is 16.4. The van der Waals surface area contributed by atoms with Crippen LogP contribution in [-0.2, 0) is 10.2 Å². The Bertz CT molecular complexity index is 746. The van der Waals surface area contributed by atoms with Crippen molar-refractivity contribution in [3.8, 4) is 11.4 Å². The number of carbonyl (C=O) groups excluding carboxylic acids is 1. The fourth-order valence-electron chi connectivity index (χ4n) is 2.28. The van der Waals surface area contributed by atoms with Gasteiger partial charge in [0.1, 0.15) is 0 Å². The molecule has 0 saturated carbocycles. The van der Waals surface area contributed by atoms with E-state index in [1.807, 2.05) is 19.1 Å². The number of carbonyl (C=O) groups is 1. The van der Waals surface area contributed by atoms with E-state index in [4.69, 9.17) is 5.84 Å². The highest BCUT2D eigenvalue weighted by Crippen LogP contribution is 2.26. The molecule has 0 spiro atoms. The van der Waals surface area contributed by atoms with Crippen LogP contribution in [0.15, 0.2) is 29.4 Å². The zero-order valence-corrected chi connectivity index (χ0v) is 17.2. The van der Waals surface area contributed by atoms with Gasteiger partial charge in [-0.25, -0.2) is 4.68 Å². The van der Waals surface area contributed by atoms with Crippen LogP contribution in [0.4, 0.5) is 0 Å². The average molecular weight is 376 g/mol. The molecule has 1 atom stereocenters. The largest absolute Gasteiger partial charge is 0.353 e. The van der Waals surface area contributed by atoms with Gasteiger partial charge in [-0.3, -0.25) is 4.79 Å². The predicted molar refractivity (Wildman–Crippen MR) is 107 cm³/mol. The van der Waals surface area contributed by atoms with Gasteiger partial charge in [-0.05, 0) is 23.8 Å². The third-order valence-electron chi connectivity index (χ3n) is 4.39. The number of thioether (sulfide) groups is 1. The quantitative estimate of drug-likeness (QED) is 0.598. The SMILES string of the molecule is CC(C)C(C)NC(=O)CSc1nnc(-c2ccc(C(C)(C)C)cc2)n1N. The van der Waals surface area contributed by atoms with E-state index in [0.29, 0.717) is 16.9 Å². The van der Waals surface area contributed by atoms with E-state index in [1.54, 1.807) is 0 Å². The fourth-order valence-corrected chi connectivity index (χ4v) is 2.95. The standard InChI is InChI=1S/C19H29N5OS/c1-12(2)13(3)21-16(25)11-26-18-23-22-17(24(18)20)14-7-9-15(10-8-14)19(4,5)6/h7-10,12-13H,11,20H2,1-6H3,(H,21,25). The summed E-state index contributed by atoms with van der Waals surface area (Å²) in [7, 11) is 0. The third-order valence-corrected chi connectivity index (χ3v) is 5.34. The lowest BCUT2D eigenvalue weighted by molar-refractivity contribution is -0.119. The van der Waals surface area contributed by atoms with E-state index in [9.17, 15) is 4.79 Å². The van der Waals surface area contributed by atoms with Crippen LogP contribution in [0.25, 0.3) is 11.4 Å². The molecule has 2 aromatic rings. The summed E-state index contributed by atoms with van der Waals surface area (Å²) >= 11 is 1.28. The minimum atomic E-state index is -0.0321. The van der Waals surface area contributed by atoms with E-state index in [-0.39, 0.29) is 23.1 Å². The van der Waals surface area contributed by atoms with Crippen LogP contribution < -0.4 is 11.2 Å². The molecule has 0 fully saturated rings. The van der Waals surface area contributed by atoms with Crippen molar-refractivity contribution in [2.24, 2.45) is 5.92 Å². The molecule has 1 amide bonds. The van der Waals surface area contributed by atoms with Crippen molar-refractivity contribution < 1.29 is 4.79 Å². The maximum absolute atomic E-state index is 12.0. The van der Waals surface area contributed by atoms with E-state index in [0.717, 1.165) is 5.56 Å². The highest BCUT2D eigenvalue weighted by molar-refractivity contribution is 7.99. The Morgan fingerprint density at radius 2 is 1.81 bits per heavy atom. The van der Waals surface area contributed by atoms with Crippen LogP contribution in [0.2, 0.25) is 0 Å². The molecule has 0 aliphatic rings. The Balaban J connectivity index is 2.05. The number of hydrogen-bond acceptors (Lipinski definition) is 5. The Labute approximate surface area is 159 Å². The minimum Gasteiger partial charge on any atom is -0.353 e. The van der Waals surface area contributed by atoms with Crippen molar-refractivity contribution in [1.82, 2.24) is 20.2 Å². The third kappa shape index (κ3) is 5.00. The van der Waals surface area contributed by atoms with Gasteiger partial charge in [-0.1, -0.05) is 70.6 Å². The van der Waals surface area contributed by atoms with Crippen LogP contribution >= 0.6 is 11.8 Å². The van der Waals surface area contributed by atoms with E-state index >= 15 is 0 Å². The molecule has 26 heavy (non-hydrogen) atoms. The van der Waals surface area contributed by atoms with Crippen LogP contribution in [0, 0.1) is 5.92 Å². The first-order valence-electron chi connectivity index (χ1n) is 8.83. The average Bonchev–Trinajstić information content (AvgIpc) is 2.93. The summed E-state index contributed by atoms with van der Waals surface area (Å²) in [6.07, 6.45) is 0. The van der Waals surface area contributed by atoms with Crippen molar-refractivity contribution >= 4 is 17.7 Å². The molecule has 1 aromatic heterocycles. The summed E-state index contributed by atoms with van der Waals surface area (Å²) in [5, 5.41) is 11.8. The molecular formula is C19H29N5OS. The van der Waals surface area contributed by atoms with Crippen LogP contribution in [-0.4, -0.2) is 32.6 Å². The van der Waals surface area contributed by atoms with E-state index < -0.39 is 0 Å². The molecule has 0 aliphatic heterocycles. The Hall–Kier alpha value is -2.02. The molecule has 0 saturated heterocycles. The van der Waals surface area contributed by atoms with E-state index in [2.05, 4.69) is 62.3 Å². The number of nitrogens with two attached hydrogens (primary N) is 1. The van der Waals surface area contributed by atoms with Gasteiger partial charge in [0, 0.05) is 11.6 Å². The van der Waals surface area contributed by atoms with Gasteiger partial charge in [-0.15, -0.1) is 10.2 Å². The Kier molecular flexibility index (Phi) is 6.34. The summed E-state index contributed by atoms with van der Waals surface area (Å²) in [4.78, 5) is 12.0. The molecule has 0 aliphatic carbocycles. The zero-order chi connectivity index (χ0) is 19.5. The summed E-state index contributed by atoms with van der Waals surface area (Å²) in [5.41, 5.74) is 2.24. The van der Waals surface area contributed by atoms with Gasteiger partial charge in [0.15, 0.2) is 5.82 Å². The summed E-state index contributed by atoms with van der Waals surface area (Å²) in [6, 6.07) is 8.30. The highest BCUT2D eigenvalue weighted by Gasteiger charge is 2.17. The van der Waals surface area contributed by atoms with Crippen molar-refractivity contribution in [2.75, 3.05) is 11.6 Å². The van der Waals surface area contributed by atoms with Crippen LogP contribution in [0.3, 0.4) is 0 Å². The van der Waals surface area contributed by atoms with Gasteiger partial charge in [0.2, 0.25) is 11.1 Å². The molecule has 3 N–H and O–H groups in total. The van der Waals surface area contributed by atoms with Gasteiger partial charge >= 0.3 is 0 Å². The molecule has 0 radical (unpaired) electrons. The summed E-state index contributed by atoms with van der Waals surface area (Å²) in [5.74, 6) is 7.34. The first-order valence-corrected chi connectivity index (χ1v) is 9.81. The van der Waals surface area contributed by atoms with Gasteiger partial charge in [0.05, 0.1) is 5.75 Å². The normalized spacial score (nSPS) is 13.0. The maximum atomic E-state index is 12.0. The van der Waals surface area contributed by atoms with Crippen LogP contribution in [0.5, 0.6) is 0 Å². The highest BCUT2D eigenvalue weighted by atomic mass is 32.2. The molecule has 142 valence electrons. The van der Waals surface area contributed by atoms with Crippen molar-refractivity contribution in [3.05, 3.63) is 29.8 Å². The predicted octanol–water partition coefficient (Wildman–Crippen LogP) is 3.21. The second kappa shape index (κ2) is 8.12. The molecule has 2 rings (SSSR count). The Morgan fingerprint density at radius 1 is 1.19 bits per heavy atom. The topological polar surface area (TPSA) is 85.8 Å². The molecule has 1 aromatic carbocycles. The monoisotopic (exact) mass is 375 g/mol. The number of amides is 1. The molecule has 1 unspecified atom stereocenters. The Morgan fingerprint density at radius 3 is 2.35 bits per heavy atom. The number of nitrogens with one attached hydrogen (secondary N) is 1. The summed E-state index contributed by atoms with van der Waals surface area (Å²) in [6.45, 7) is 12.7. The lowest BCUT2D eigenvalue weighted by Crippen LogP contribution is -2.37. The number of nitrogens with zero attached hydrogens (tertiary/aromatic N) is 3. The minimum absolute atomic E-state index is 0.0321. The maximum Gasteiger partial charge on any atom is 0.230 e. The smallest absolute Gasteiger partial charge is 0.230 e. The second-order valence-electron chi connectivity index (χ2n) is 7.89. The first kappa shape index (κ1) is 20.3. The number of rotatable bonds is 6. The molecule has 6 nitrogen and oxygen atoms in total. The molecule has 1 heterocycles. The van der Waals surface area contributed by atoms with Gasteiger partial charge in [-0.2, -0.15) is 0 Å². The second-order valence-corrected chi connectivity index (χ2v) is 8.83. The number of nitrogen functional groups attached to an aromatic ring is 1. The first-order chi connectivity index (χ1) is 12.1. The van der Waals surface area contributed by atoms with Gasteiger partial charge in [0.25, 0.3) is 0 Å². The lowest BCUT2D eigenvalue weighted by Gasteiger charge is -2.19. The van der Waals surface area contributed by atoms with Crippen molar-refractivity contribution in [1.29, 1.82) is 0 Å². The fraction of sp³-hybridized carbons (Fsp3) is 0.526. The van der Waals surface area contributed by atoms with Gasteiger partial charge < -0.3 is 11.2 Å². The number of aromatic nitrogens is 3. The number of benzene rings is 1. The molecular weight excluding hydrogens is 346 g/mol. The molecule has 0 bridgehead atoms. The number of hydrogen-bond donors (Lipinski definition) is 2. The summed E-state index contributed by atoms with van der Waals surface area (Å²) < 4.78 is 1.44. The van der Waals surface area contributed by atoms with E-state index in [1.165, 1.54) is 22.0 Å². The van der Waals surface area contributed by atoms with Crippen molar-refractivity contribution in [2.45, 2.75) is 58.2 Å². The lowest BCUT2D eigenvalue weighted by atomic mass is 9.87. The van der Waals surface area contributed by atoms with Crippen molar-refractivity contribution in [3.63, 3.8) is 0 Å².